The van der Waals surface area contributed by atoms with Crippen LogP contribution in [0.3, 0.4) is 0 Å². The third kappa shape index (κ3) is 3.49. The summed E-state index contributed by atoms with van der Waals surface area (Å²) in [5.41, 5.74) is 0. The molecule has 0 rings (SSSR count). The van der Waals surface area contributed by atoms with Crippen molar-refractivity contribution in [1.29, 1.82) is 5.41 Å². The van der Waals surface area contributed by atoms with Crippen LogP contribution in [0.4, 0.5) is 0 Å². The molecule has 0 saturated carbocycles. The first-order valence-electron chi connectivity index (χ1n) is 1.01. The molecular formula is CH2N2O2S. The van der Waals surface area contributed by atoms with Gasteiger partial charge in [-0.25, -0.2) is 9.62 Å². The van der Waals surface area contributed by atoms with Gasteiger partial charge in [0.05, 0.1) is 0 Å². The molecule has 1 unspecified atom stereocenters. The van der Waals surface area contributed by atoms with Crippen molar-refractivity contribution in [3.05, 3.63) is 0 Å². The first kappa shape index (κ1) is 5.49. The molecule has 0 saturated heterocycles. The SMILES string of the molecule is N=C=NS(=O)O. The van der Waals surface area contributed by atoms with Gasteiger partial charge in [-0.1, -0.05) is 4.40 Å². The van der Waals surface area contributed by atoms with Crippen LogP contribution in [0.5, 0.6) is 0 Å². The zero-order valence-corrected chi connectivity index (χ0v) is 3.53. The highest BCUT2D eigenvalue weighted by Gasteiger charge is 1.73. The topological polar surface area (TPSA) is 73.5 Å². The highest BCUT2D eigenvalue weighted by Crippen LogP contribution is 1.64. The number of nitrogens with one attached hydrogen (secondary N) is 1. The minimum absolute atomic E-state index is 1.39. The molecule has 5 heteroatoms. The molecule has 0 aromatic heterocycles. The Labute approximate surface area is 36.8 Å². The molecule has 0 aliphatic carbocycles. The Morgan fingerprint density at radius 1 is 2.00 bits per heavy atom. The van der Waals surface area contributed by atoms with Crippen molar-refractivity contribution in [1.82, 2.24) is 0 Å². The number of hydrogen-bond donors (Lipinski definition) is 2. The Hall–Kier alpha value is -0.510. The first-order valence-corrected chi connectivity index (χ1v) is 2.07. The average Bonchev–Trinajstić information content (AvgIpc) is 1.35. The smallest absolute Gasteiger partial charge is 0.287 e. The monoisotopic (exact) mass is 106 g/mol. The molecule has 0 fully saturated rings. The van der Waals surface area contributed by atoms with E-state index < -0.39 is 11.3 Å². The number of rotatable bonds is 1. The lowest BCUT2D eigenvalue weighted by molar-refractivity contribution is 0.566. The quantitative estimate of drug-likeness (QED) is 0.361. The van der Waals surface area contributed by atoms with Crippen LogP contribution in [-0.4, -0.2) is 14.8 Å². The van der Waals surface area contributed by atoms with Crippen LogP contribution in [0.2, 0.25) is 0 Å². The summed E-state index contributed by atoms with van der Waals surface area (Å²) in [5.74, 6) is 0. The van der Waals surface area contributed by atoms with Crippen molar-refractivity contribution in [2.45, 2.75) is 0 Å². The van der Waals surface area contributed by atoms with E-state index in [9.17, 15) is 4.21 Å². The molecule has 0 aromatic rings. The molecule has 0 aliphatic heterocycles. The van der Waals surface area contributed by atoms with E-state index in [0.29, 0.717) is 0 Å². The van der Waals surface area contributed by atoms with E-state index in [1.807, 2.05) is 0 Å². The van der Waals surface area contributed by atoms with Crippen LogP contribution in [0, 0.1) is 5.41 Å². The van der Waals surface area contributed by atoms with Crippen LogP contribution in [0.25, 0.3) is 0 Å². The highest BCUT2D eigenvalue weighted by atomic mass is 32.2. The van der Waals surface area contributed by atoms with E-state index in [4.69, 9.17) is 9.96 Å². The van der Waals surface area contributed by atoms with Gasteiger partial charge in [0.15, 0.2) is 0 Å². The Morgan fingerprint density at radius 3 is 2.50 bits per heavy atom. The molecule has 0 spiro atoms. The third-order valence-corrected chi connectivity index (χ3v) is 0.371. The summed E-state index contributed by atoms with van der Waals surface area (Å²) in [6, 6.07) is 1.39. The Morgan fingerprint density at radius 2 is 2.50 bits per heavy atom. The standard InChI is InChI=1S/CH2N2O2S/c2-1-3-6(4)5/h2H,(H,4,5). The van der Waals surface area contributed by atoms with Gasteiger partial charge in [0.1, 0.15) is 6.01 Å². The van der Waals surface area contributed by atoms with Crippen LogP contribution >= 0.6 is 0 Å². The minimum Gasteiger partial charge on any atom is -0.287 e. The van der Waals surface area contributed by atoms with Crippen molar-refractivity contribution in [3.8, 4) is 0 Å². The highest BCUT2D eigenvalue weighted by molar-refractivity contribution is 7.77. The van der Waals surface area contributed by atoms with Crippen molar-refractivity contribution in [2.24, 2.45) is 4.40 Å². The van der Waals surface area contributed by atoms with Gasteiger partial charge in [0.2, 0.25) is 0 Å². The van der Waals surface area contributed by atoms with Crippen LogP contribution in [0.15, 0.2) is 4.40 Å². The Kier molecular flexibility index (Phi) is 2.48. The first-order chi connectivity index (χ1) is 2.77. The molecule has 0 aliphatic rings. The predicted octanol–water partition coefficient (Wildman–Crippen LogP) is -0.124. The lowest BCUT2D eigenvalue weighted by Crippen LogP contribution is -1.73. The second-order valence-electron chi connectivity index (χ2n) is 0.434. The zero-order valence-electron chi connectivity index (χ0n) is 2.71. The molecule has 0 bridgehead atoms. The van der Waals surface area contributed by atoms with Crippen molar-refractivity contribution in [3.63, 3.8) is 0 Å². The van der Waals surface area contributed by atoms with E-state index in [2.05, 4.69) is 4.40 Å². The zero-order chi connectivity index (χ0) is 4.99. The minimum atomic E-state index is -2.24. The summed E-state index contributed by atoms with van der Waals surface area (Å²) in [6.07, 6.45) is 0. The third-order valence-electron chi connectivity index (χ3n) is 0.124. The Balaban J connectivity index is 3.60. The molecule has 34 valence electrons. The van der Waals surface area contributed by atoms with E-state index in [1.165, 1.54) is 6.01 Å². The van der Waals surface area contributed by atoms with E-state index in [1.54, 1.807) is 0 Å². The van der Waals surface area contributed by atoms with Gasteiger partial charge in [-0.05, 0) is 0 Å². The van der Waals surface area contributed by atoms with Gasteiger partial charge in [0, 0.05) is 0 Å². The molecule has 4 nitrogen and oxygen atoms in total. The van der Waals surface area contributed by atoms with Gasteiger partial charge < -0.3 is 0 Å². The lowest BCUT2D eigenvalue weighted by atomic mass is 11.6. The largest absolute Gasteiger partial charge is 0.291 e. The predicted molar refractivity (Wildman–Crippen MR) is 20.9 cm³/mol. The van der Waals surface area contributed by atoms with E-state index >= 15 is 0 Å². The Bertz CT molecular complexity index is 104. The molecule has 0 heterocycles. The summed E-state index contributed by atoms with van der Waals surface area (Å²) >= 11 is -2.24. The molecule has 0 radical (unpaired) electrons. The molecule has 0 aromatic carbocycles. The summed E-state index contributed by atoms with van der Waals surface area (Å²) in [4.78, 5) is 0. The molecule has 2 N–H and O–H groups in total. The molecule has 0 amide bonds. The van der Waals surface area contributed by atoms with Gasteiger partial charge in [-0.3, -0.25) is 4.55 Å². The maximum atomic E-state index is 9.36. The van der Waals surface area contributed by atoms with Crippen LogP contribution in [0.1, 0.15) is 0 Å². The van der Waals surface area contributed by atoms with Crippen molar-refractivity contribution < 1.29 is 8.76 Å². The van der Waals surface area contributed by atoms with Gasteiger partial charge >= 0.3 is 0 Å². The molecule has 6 heavy (non-hydrogen) atoms. The second-order valence-corrected chi connectivity index (χ2v) is 1.08. The van der Waals surface area contributed by atoms with Crippen LogP contribution in [-0.2, 0) is 11.3 Å². The summed E-state index contributed by atoms with van der Waals surface area (Å²) in [5, 5.41) is 5.96. The summed E-state index contributed by atoms with van der Waals surface area (Å²) in [7, 11) is 0. The van der Waals surface area contributed by atoms with E-state index in [-0.39, 0.29) is 0 Å². The second kappa shape index (κ2) is 2.71. The fraction of sp³-hybridized carbons (Fsp3) is 0. The molecule has 1 atom stereocenters. The average molecular weight is 106 g/mol. The summed E-state index contributed by atoms with van der Waals surface area (Å²) < 4.78 is 19.6. The lowest BCUT2D eigenvalue weighted by Gasteiger charge is -1.64. The van der Waals surface area contributed by atoms with Crippen LogP contribution < -0.4 is 0 Å². The molecular weight excluding hydrogens is 104 g/mol. The van der Waals surface area contributed by atoms with Gasteiger partial charge in [-0.2, -0.15) is 0 Å². The summed E-state index contributed by atoms with van der Waals surface area (Å²) in [6.45, 7) is 0. The van der Waals surface area contributed by atoms with Crippen molar-refractivity contribution >= 4 is 17.3 Å². The van der Waals surface area contributed by atoms with Gasteiger partial charge in [0.25, 0.3) is 11.3 Å². The fourth-order valence-electron chi connectivity index (χ4n) is 0.0390. The van der Waals surface area contributed by atoms with Crippen molar-refractivity contribution in [2.75, 3.05) is 0 Å². The normalized spacial score (nSPS) is 12.2. The van der Waals surface area contributed by atoms with E-state index in [0.717, 1.165) is 0 Å². The van der Waals surface area contributed by atoms with Gasteiger partial charge in [-0.15, -0.1) is 0 Å². The maximum Gasteiger partial charge on any atom is 0.291 e. The maximum absolute atomic E-state index is 9.36. The fourth-order valence-corrected chi connectivity index (χ4v) is 0.117. The number of hydrogen-bond acceptors (Lipinski definition) is 2. The number of nitrogens with zero attached hydrogens (tertiary/aromatic N) is 1.